The molecule has 0 bridgehead atoms. The van der Waals surface area contributed by atoms with Crippen LogP contribution in [0.1, 0.15) is 25.8 Å². The highest BCUT2D eigenvalue weighted by Crippen LogP contribution is 2.24. The standard InChI is InChI=1S/C19H18F2N4O2S/c1-11(2)17(19-24-18(25-27-19)12-4-3-7-22-9-12)23-16(26)10-28-13-5-6-14(20)15(21)8-13/h3-9,11,17H,10H2,1-2H3,(H,23,26). The van der Waals surface area contributed by atoms with Crippen LogP contribution in [0.25, 0.3) is 11.4 Å². The second-order valence-corrected chi connectivity index (χ2v) is 7.40. The normalized spacial score (nSPS) is 12.2. The van der Waals surface area contributed by atoms with E-state index in [1.807, 2.05) is 19.9 Å². The van der Waals surface area contributed by atoms with E-state index in [2.05, 4.69) is 20.4 Å². The van der Waals surface area contributed by atoms with Gasteiger partial charge in [-0.3, -0.25) is 9.78 Å². The van der Waals surface area contributed by atoms with Gasteiger partial charge in [0.2, 0.25) is 17.6 Å². The van der Waals surface area contributed by atoms with E-state index in [-0.39, 0.29) is 17.6 Å². The van der Waals surface area contributed by atoms with Crippen molar-refractivity contribution in [1.82, 2.24) is 20.4 Å². The van der Waals surface area contributed by atoms with Gasteiger partial charge in [-0.15, -0.1) is 11.8 Å². The van der Waals surface area contributed by atoms with E-state index < -0.39 is 17.7 Å². The Hall–Kier alpha value is -2.81. The molecule has 1 amide bonds. The summed E-state index contributed by atoms with van der Waals surface area (Å²) in [6.45, 7) is 3.84. The molecule has 9 heteroatoms. The van der Waals surface area contributed by atoms with Gasteiger partial charge in [0.25, 0.3) is 0 Å². The molecule has 6 nitrogen and oxygen atoms in total. The molecule has 1 unspecified atom stereocenters. The van der Waals surface area contributed by atoms with E-state index in [0.717, 1.165) is 23.9 Å². The highest BCUT2D eigenvalue weighted by atomic mass is 32.2. The number of benzene rings is 1. The van der Waals surface area contributed by atoms with Crippen molar-refractivity contribution in [2.45, 2.75) is 24.8 Å². The lowest BCUT2D eigenvalue weighted by atomic mass is 10.0. The summed E-state index contributed by atoms with van der Waals surface area (Å²) in [5.74, 6) is -1.43. The Kier molecular flexibility index (Phi) is 6.35. The lowest BCUT2D eigenvalue weighted by Gasteiger charge is -2.18. The maximum atomic E-state index is 13.3. The molecule has 0 saturated heterocycles. The van der Waals surface area contributed by atoms with E-state index in [0.29, 0.717) is 22.2 Å². The van der Waals surface area contributed by atoms with Gasteiger partial charge >= 0.3 is 0 Å². The molecule has 1 aromatic carbocycles. The van der Waals surface area contributed by atoms with E-state index >= 15 is 0 Å². The summed E-state index contributed by atoms with van der Waals surface area (Å²) < 4.78 is 31.6. The number of carbonyl (C=O) groups is 1. The first-order valence-corrected chi connectivity index (χ1v) is 9.54. The van der Waals surface area contributed by atoms with Crippen LogP contribution in [0.4, 0.5) is 8.78 Å². The van der Waals surface area contributed by atoms with Crippen molar-refractivity contribution in [2.24, 2.45) is 5.92 Å². The zero-order valence-corrected chi connectivity index (χ0v) is 16.0. The summed E-state index contributed by atoms with van der Waals surface area (Å²) in [6, 6.07) is 6.62. The van der Waals surface area contributed by atoms with Crippen molar-refractivity contribution in [3.05, 3.63) is 60.3 Å². The zero-order valence-electron chi connectivity index (χ0n) is 15.2. The lowest BCUT2D eigenvalue weighted by Crippen LogP contribution is -2.33. The molecular weight excluding hydrogens is 386 g/mol. The first-order chi connectivity index (χ1) is 13.4. The second-order valence-electron chi connectivity index (χ2n) is 6.35. The average molecular weight is 404 g/mol. The minimum Gasteiger partial charge on any atom is -0.343 e. The van der Waals surface area contributed by atoms with Crippen LogP contribution in [0.3, 0.4) is 0 Å². The smallest absolute Gasteiger partial charge is 0.249 e. The molecule has 3 rings (SSSR count). The second kappa shape index (κ2) is 8.92. The lowest BCUT2D eigenvalue weighted by molar-refractivity contribution is -0.119. The molecule has 0 aliphatic heterocycles. The highest BCUT2D eigenvalue weighted by Gasteiger charge is 2.25. The van der Waals surface area contributed by atoms with Gasteiger partial charge in [-0.25, -0.2) is 8.78 Å². The van der Waals surface area contributed by atoms with Crippen molar-refractivity contribution in [2.75, 3.05) is 5.75 Å². The van der Waals surface area contributed by atoms with Crippen LogP contribution in [0.15, 0.2) is 52.1 Å². The van der Waals surface area contributed by atoms with Crippen LogP contribution >= 0.6 is 11.8 Å². The fraction of sp³-hybridized carbons (Fsp3) is 0.263. The number of nitrogens with one attached hydrogen (secondary N) is 1. The largest absolute Gasteiger partial charge is 0.343 e. The summed E-state index contributed by atoms with van der Waals surface area (Å²) in [4.78, 5) is 21.2. The number of halogens is 2. The number of nitrogens with zero attached hydrogens (tertiary/aromatic N) is 3. The van der Waals surface area contributed by atoms with Gasteiger partial charge in [0.15, 0.2) is 11.6 Å². The van der Waals surface area contributed by atoms with Crippen LogP contribution in [-0.4, -0.2) is 26.8 Å². The first-order valence-electron chi connectivity index (χ1n) is 8.55. The third-order valence-corrected chi connectivity index (χ3v) is 4.87. The molecule has 0 saturated carbocycles. The van der Waals surface area contributed by atoms with E-state index in [9.17, 15) is 13.6 Å². The molecule has 0 radical (unpaired) electrons. The van der Waals surface area contributed by atoms with Crippen molar-refractivity contribution in [3.63, 3.8) is 0 Å². The van der Waals surface area contributed by atoms with Gasteiger partial charge in [-0.2, -0.15) is 4.98 Å². The molecule has 3 aromatic rings. The van der Waals surface area contributed by atoms with Gasteiger partial charge < -0.3 is 9.84 Å². The Morgan fingerprint density at radius 2 is 2.07 bits per heavy atom. The highest BCUT2D eigenvalue weighted by molar-refractivity contribution is 8.00. The summed E-state index contributed by atoms with van der Waals surface area (Å²) in [6.07, 6.45) is 3.27. The molecule has 2 aromatic heterocycles. The Balaban J connectivity index is 1.65. The quantitative estimate of drug-likeness (QED) is 0.599. The Morgan fingerprint density at radius 3 is 2.75 bits per heavy atom. The van der Waals surface area contributed by atoms with Gasteiger partial charge in [0, 0.05) is 22.9 Å². The van der Waals surface area contributed by atoms with Crippen molar-refractivity contribution in [1.29, 1.82) is 0 Å². The van der Waals surface area contributed by atoms with Crippen molar-refractivity contribution >= 4 is 17.7 Å². The van der Waals surface area contributed by atoms with Crippen molar-refractivity contribution < 1.29 is 18.1 Å². The maximum absolute atomic E-state index is 13.3. The third kappa shape index (κ3) is 4.92. The molecule has 1 N–H and O–H groups in total. The molecule has 0 aliphatic carbocycles. The van der Waals surface area contributed by atoms with Crippen LogP contribution in [-0.2, 0) is 4.79 Å². The molecule has 0 fully saturated rings. The summed E-state index contributed by atoms with van der Waals surface area (Å²) >= 11 is 1.11. The Labute approximate surface area is 164 Å². The number of thioether (sulfide) groups is 1. The van der Waals surface area contributed by atoms with E-state index in [1.165, 1.54) is 6.07 Å². The third-order valence-electron chi connectivity index (χ3n) is 3.87. The Bertz CT molecular complexity index is 950. The summed E-state index contributed by atoms with van der Waals surface area (Å²) in [7, 11) is 0. The SMILES string of the molecule is CC(C)C(NC(=O)CSc1ccc(F)c(F)c1)c1nc(-c2cccnc2)no1. The number of hydrogen-bond acceptors (Lipinski definition) is 6. The minimum atomic E-state index is -0.945. The molecule has 0 aliphatic rings. The van der Waals surface area contributed by atoms with E-state index in [1.54, 1.807) is 18.5 Å². The number of pyridine rings is 1. The van der Waals surface area contributed by atoms with Gasteiger partial charge in [-0.1, -0.05) is 19.0 Å². The molecule has 146 valence electrons. The zero-order chi connectivity index (χ0) is 20.1. The van der Waals surface area contributed by atoms with Crippen LogP contribution in [0, 0.1) is 17.6 Å². The van der Waals surface area contributed by atoms with E-state index in [4.69, 9.17) is 4.52 Å². The fourth-order valence-corrected chi connectivity index (χ4v) is 3.15. The predicted octanol–water partition coefficient (Wildman–Crippen LogP) is 4.02. The maximum Gasteiger partial charge on any atom is 0.249 e. The Morgan fingerprint density at radius 1 is 1.25 bits per heavy atom. The summed E-state index contributed by atoms with van der Waals surface area (Å²) in [5.41, 5.74) is 0.709. The molecule has 1 atom stereocenters. The van der Waals surface area contributed by atoms with Crippen LogP contribution in [0.2, 0.25) is 0 Å². The number of aromatic nitrogens is 3. The predicted molar refractivity (Wildman–Crippen MR) is 100 cm³/mol. The first kappa shape index (κ1) is 19.9. The number of carbonyl (C=O) groups excluding carboxylic acids is 1. The number of hydrogen-bond donors (Lipinski definition) is 1. The molecular formula is C19H18F2N4O2S. The monoisotopic (exact) mass is 404 g/mol. The van der Waals surface area contributed by atoms with Crippen molar-refractivity contribution in [3.8, 4) is 11.4 Å². The topological polar surface area (TPSA) is 80.9 Å². The van der Waals surface area contributed by atoms with Crippen LogP contribution in [0.5, 0.6) is 0 Å². The summed E-state index contributed by atoms with van der Waals surface area (Å²) in [5, 5.41) is 6.80. The minimum absolute atomic E-state index is 0.000543. The van der Waals surface area contributed by atoms with Gasteiger partial charge in [0.1, 0.15) is 6.04 Å². The van der Waals surface area contributed by atoms with Gasteiger partial charge in [-0.05, 0) is 36.2 Å². The fourth-order valence-electron chi connectivity index (χ4n) is 2.42. The molecule has 0 spiro atoms. The molecule has 28 heavy (non-hydrogen) atoms. The van der Waals surface area contributed by atoms with Gasteiger partial charge in [0.05, 0.1) is 5.75 Å². The number of rotatable bonds is 7. The molecule has 2 heterocycles. The number of amides is 1. The van der Waals surface area contributed by atoms with Crippen LogP contribution < -0.4 is 5.32 Å². The average Bonchev–Trinajstić information content (AvgIpc) is 3.17.